The first kappa shape index (κ1) is 11.6. The summed E-state index contributed by atoms with van der Waals surface area (Å²) in [7, 11) is 0. The Labute approximate surface area is 161 Å². The third kappa shape index (κ3) is 2.10. The molecule has 8 nitrogen and oxygen atoms in total. The molecule has 140 valence electrons. The van der Waals surface area contributed by atoms with Crippen molar-refractivity contribution in [2.24, 2.45) is 17.5 Å². The van der Waals surface area contributed by atoms with Crippen molar-refractivity contribution in [2.45, 2.75) is 24.8 Å². The highest BCUT2D eigenvalue weighted by Gasteiger charge is 2.60. The molecule has 27 heavy (non-hydrogen) atoms. The number of rotatable bonds is 1. The molecule has 6 N–H and O–H groups in total. The monoisotopic (exact) mass is 377 g/mol. The predicted molar refractivity (Wildman–Crippen MR) is 91.4 cm³/mol. The van der Waals surface area contributed by atoms with Crippen LogP contribution in [-0.2, 0) is 20.8 Å². The van der Waals surface area contributed by atoms with Gasteiger partial charge in [-0.05, 0) is 30.3 Å². The van der Waals surface area contributed by atoms with Crippen molar-refractivity contribution in [1.82, 2.24) is 0 Å². The van der Waals surface area contributed by atoms with Gasteiger partial charge < -0.3 is 26.2 Å². The number of carbonyl (C=O) groups is 3. The summed E-state index contributed by atoms with van der Waals surface area (Å²) in [6, 6.07) is -2.15. The Morgan fingerprint density at radius 2 is 2.04 bits per heavy atom. The molecule has 4 rings (SSSR count). The van der Waals surface area contributed by atoms with Gasteiger partial charge in [0.25, 0.3) is 5.91 Å². The second-order valence-corrected chi connectivity index (χ2v) is 6.49. The van der Waals surface area contributed by atoms with Gasteiger partial charge in [-0.3, -0.25) is 14.4 Å². The summed E-state index contributed by atoms with van der Waals surface area (Å²) >= 11 is 0. The van der Waals surface area contributed by atoms with Crippen molar-refractivity contribution >= 4 is 23.2 Å². The van der Waals surface area contributed by atoms with Gasteiger partial charge in [-0.15, -0.1) is 0 Å². The van der Waals surface area contributed by atoms with E-state index in [1.165, 1.54) is 0 Å². The van der Waals surface area contributed by atoms with Gasteiger partial charge in [0.15, 0.2) is 11.4 Å². The van der Waals surface area contributed by atoms with E-state index < -0.39 is 106 Å². The number of ketones is 2. The van der Waals surface area contributed by atoms with Gasteiger partial charge in [-0.2, -0.15) is 0 Å². The fraction of sp³-hybridized carbons (Fsp3) is 0.316. The molecule has 3 aliphatic carbocycles. The van der Waals surface area contributed by atoms with Crippen molar-refractivity contribution < 1.29 is 43.0 Å². The third-order valence-electron chi connectivity index (χ3n) is 5.05. The molecule has 1 aromatic carbocycles. The average molecular weight is 377 g/mol. The molecule has 0 aliphatic heterocycles. The Balaban J connectivity index is 2.08. The highest BCUT2D eigenvalue weighted by atomic mass is 16.3. The standard InChI is InChI=1S/C19H17NO7/c20-18(26)14-11(22)6-9-5-8-4-7-2-1-3-10(21)12(7)15(23)13(8)16(24)19(9,27)17(14)25/h1-3,8-9,21,23,25,27H,4-6H2,(H2,20,26)/t8?,9?,19-/m0/s1/i1D,2D,3D,6D2,8D. The number of carbonyl (C=O) groups excluding carboxylic acids is 3. The van der Waals surface area contributed by atoms with Crippen LogP contribution in [0.3, 0.4) is 0 Å². The molecule has 1 saturated carbocycles. The van der Waals surface area contributed by atoms with Crippen molar-refractivity contribution in [3.63, 3.8) is 0 Å². The van der Waals surface area contributed by atoms with Crippen LogP contribution in [0, 0.1) is 11.8 Å². The molecule has 8 heteroatoms. The lowest BCUT2D eigenvalue weighted by atomic mass is 9.59. The van der Waals surface area contributed by atoms with E-state index in [1.807, 2.05) is 0 Å². The van der Waals surface area contributed by atoms with E-state index >= 15 is 0 Å². The molecule has 1 aromatic rings. The Bertz CT molecular complexity index is 1270. The van der Waals surface area contributed by atoms with Crippen LogP contribution in [0.2, 0.25) is 0 Å². The number of Topliss-reactive ketones (excluding diaryl/α,β-unsaturated/α-hetero) is 2. The Hall–Kier alpha value is -3.13. The van der Waals surface area contributed by atoms with Crippen molar-refractivity contribution in [2.75, 3.05) is 0 Å². The molecule has 1 fully saturated rings. The maximum Gasteiger partial charge on any atom is 0.255 e. The normalized spacial score (nSPS) is 37.7. The molecule has 0 radical (unpaired) electrons. The van der Waals surface area contributed by atoms with Gasteiger partial charge in [0.2, 0.25) is 5.78 Å². The van der Waals surface area contributed by atoms with Gasteiger partial charge in [0.05, 0.1) is 9.68 Å². The number of primary amides is 1. The molecule has 0 saturated heterocycles. The molecule has 0 heterocycles. The van der Waals surface area contributed by atoms with Crippen LogP contribution in [0.25, 0.3) is 5.76 Å². The van der Waals surface area contributed by atoms with Gasteiger partial charge in [-0.1, -0.05) is 12.1 Å². The summed E-state index contributed by atoms with van der Waals surface area (Å²) in [5.41, 5.74) is -1.24. The van der Waals surface area contributed by atoms with Crippen molar-refractivity contribution in [1.29, 1.82) is 0 Å². The topological polar surface area (TPSA) is 158 Å². The molecule has 3 aliphatic rings. The Morgan fingerprint density at radius 1 is 1.33 bits per heavy atom. The zero-order chi connectivity index (χ0) is 25.0. The number of aliphatic hydroxyl groups is 3. The molecular formula is C19H17NO7. The van der Waals surface area contributed by atoms with Crippen LogP contribution in [0.4, 0.5) is 0 Å². The molecule has 2 unspecified atom stereocenters. The number of nitrogens with two attached hydrogens (primary N) is 1. The Morgan fingerprint density at radius 3 is 2.70 bits per heavy atom. The number of hydrogen-bond acceptors (Lipinski definition) is 7. The lowest BCUT2D eigenvalue weighted by molar-refractivity contribution is -0.147. The second kappa shape index (κ2) is 5.43. The Kier molecular flexibility index (Phi) is 2.33. The first-order valence-electron chi connectivity index (χ1n) is 10.8. The number of benzene rings is 1. The number of amides is 1. The minimum Gasteiger partial charge on any atom is -0.508 e. The van der Waals surface area contributed by atoms with E-state index in [9.17, 15) is 34.8 Å². The molecule has 0 aromatic heterocycles. The largest absolute Gasteiger partial charge is 0.508 e. The molecule has 1 amide bonds. The fourth-order valence-electron chi connectivity index (χ4n) is 3.79. The highest BCUT2D eigenvalue weighted by Crippen LogP contribution is 2.51. The summed E-state index contributed by atoms with van der Waals surface area (Å²) in [6.45, 7) is 0. The summed E-state index contributed by atoms with van der Waals surface area (Å²) in [5.74, 6) is -12.7. The smallest absolute Gasteiger partial charge is 0.255 e. The van der Waals surface area contributed by atoms with Crippen LogP contribution in [0.1, 0.15) is 32.1 Å². The lowest BCUT2D eigenvalue weighted by Gasteiger charge is -2.46. The maximum atomic E-state index is 13.4. The second-order valence-electron chi connectivity index (χ2n) is 6.49. The minimum atomic E-state index is -3.24. The van der Waals surface area contributed by atoms with Gasteiger partial charge >= 0.3 is 0 Å². The lowest BCUT2D eigenvalue weighted by Crippen LogP contribution is -2.58. The van der Waals surface area contributed by atoms with Crippen LogP contribution in [0.15, 0.2) is 35.0 Å². The molecular weight excluding hydrogens is 354 g/mol. The number of phenols is 1. The molecule has 3 atom stereocenters. The van der Waals surface area contributed by atoms with Gasteiger partial charge in [0.1, 0.15) is 22.8 Å². The number of hydrogen-bond donors (Lipinski definition) is 5. The van der Waals surface area contributed by atoms with Crippen LogP contribution in [0.5, 0.6) is 5.75 Å². The summed E-state index contributed by atoms with van der Waals surface area (Å²) in [4.78, 5) is 37.7. The quantitative estimate of drug-likeness (QED) is 0.444. The number of phenolic OH excluding ortho intramolecular Hbond substituents is 1. The number of fused-ring (bicyclic) bond motifs is 3. The first-order chi connectivity index (χ1) is 15.0. The average Bonchev–Trinajstić information content (AvgIpc) is 2.71. The van der Waals surface area contributed by atoms with E-state index in [2.05, 4.69) is 0 Å². The highest BCUT2D eigenvalue weighted by molar-refractivity contribution is 6.22. The summed E-state index contributed by atoms with van der Waals surface area (Å²) < 4.78 is 48.8. The fourth-order valence-corrected chi connectivity index (χ4v) is 3.79. The summed E-state index contributed by atoms with van der Waals surface area (Å²) in [6.07, 6.45) is -4.58. The zero-order valence-corrected chi connectivity index (χ0v) is 13.6. The maximum absolute atomic E-state index is 13.4. The zero-order valence-electron chi connectivity index (χ0n) is 19.6. The van der Waals surface area contributed by atoms with Gasteiger partial charge in [-0.25, -0.2) is 0 Å². The third-order valence-corrected chi connectivity index (χ3v) is 5.05. The van der Waals surface area contributed by atoms with E-state index in [0.717, 1.165) is 0 Å². The van der Waals surface area contributed by atoms with Crippen molar-refractivity contribution in [3.8, 4) is 5.75 Å². The number of aliphatic hydroxyl groups excluding tert-OH is 2. The van der Waals surface area contributed by atoms with Crippen LogP contribution in [-0.4, -0.2) is 43.5 Å². The van der Waals surface area contributed by atoms with E-state index in [4.69, 9.17) is 14.0 Å². The molecule has 0 bridgehead atoms. The summed E-state index contributed by atoms with van der Waals surface area (Å²) in [5, 5.41) is 42.9. The van der Waals surface area contributed by atoms with Crippen molar-refractivity contribution in [3.05, 3.63) is 46.2 Å². The van der Waals surface area contributed by atoms with E-state index in [0.29, 0.717) is 0 Å². The minimum absolute atomic E-state index is 0.261. The van der Waals surface area contributed by atoms with E-state index in [1.54, 1.807) is 0 Å². The SMILES string of the molecule is [2H]c1c([2H])c(O)c2c(c1[2H])CC1([2H])CC3C([2H])([2H])C(=O)C(C(N)=O)=C(O)[C@@]3(O)C(=O)C1=C2O. The van der Waals surface area contributed by atoms with E-state index in [-0.39, 0.29) is 5.56 Å². The first-order valence-corrected chi connectivity index (χ1v) is 7.84. The van der Waals surface area contributed by atoms with Crippen LogP contribution >= 0.6 is 0 Å². The van der Waals surface area contributed by atoms with Gasteiger partial charge in [0, 0.05) is 22.0 Å². The van der Waals surface area contributed by atoms with Crippen LogP contribution < -0.4 is 5.73 Å². The number of aromatic hydroxyl groups is 1. The molecule has 0 spiro atoms. The predicted octanol–water partition coefficient (Wildman–Crippen LogP) is 0.424.